The van der Waals surface area contributed by atoms with Crippen molar-refractivity contribution in [3.05, 3.63) is 29.8 Å². The Labute approximate surface area is 137 Å². The molecule has 0 aliphatic rings. The molecule has 1 aromatic rings. The maximum Gasteiger partial charge on any atom is 0.412 e. The zero-order valence-electron chi connectivity index (χ0n) is 14.1. The van der Waals surface area contributed by atoms with E-state index in [0.29, 0.717) is 18.7 Å². The van der Waals surface area contributed by atoms with E-state index in [9.17, 15) is 9.59 Å². The topological polar surface area (TPSA) is 76.7 Å². The largest absolute Gasteiger partial charge is 0.447 e. The summed E-state index contributed by atoms with van der Waals surface area (Å²) in [4.78, 5) is 23.3. The van der Waals surface area contributed by atoms with Gasteiger partial charge in [0.1, 0.15) is 12.4 Å². The van der Waals surface area contributed by atoms with Crippen molar-refractivity contribution < 1.29 is 19.1 Å². The summed E-state index contributed by atoms with van der Waals surface area (Å²) in [6, 6.07) is 6.94. The summed E-state index contributed by atoms with van der Waals surface area (Å²) in [6.07, 6.45) is 1.52. The van der Waals surface area contributed by atoms with Gasteiger partial charge in [0.15, 0.2) is 0 Å². The third-order valence-corrected chi connectivity index (χ3v) is 3.23. The van der Waals surface area contributed by atoms with Gasteiger partial charge in [-0.15, -0.1) is 0 Å². The molecule has 0 saturated carbocycles. The van der Waals surface area contributed by atoms with Gasteiger partial charge in [0, 0.05) is 6.54 Å². The van der Waals surface area contributed by atoms with E-state index in [4.69, 9.17) is 9.47 Å². The quantitative estimate of drug-likeness (QED) is 0.719. The molecule has 128 valence electrons. The number of unbranched alkanes of at least 4 members (excludes halogenated alkanes) is 1. The van der Waals surface area contributed by atoms with Gasteiger partial charge >= 0.3 is 12.2 Å². The lowest BCUT2D eigenvalue weighted by molar-refractivity contribution is 0.129. The summed E-state index contributed by atoms with van der Waals surface area (Å²) in [7, 11) is 0. The Morgan fingerprint density at radius 2 is 2.00 bits per heavy atom. The lowest BCUT2D eigenvalue weighted by atomic mass is 10.2. The maximum absolute atomic E-state index is 11.9. The molecule has 0 fully saturated rings. The molecule has 6 heteroatoms. The number of rotatable bonds is 8. The second-order valence-corrected chi connectivity index (χ2v) is 5.33. The van der Waals surface area contributed by atoms with Gasteiger partial charge in [-0.25, -0.2) is 9.59 Å². The van der Waals surface area contributed by atoms with Crippen LogP contribution in [0.3, 0.4) is 0 Å². The molecule has 0 radical (unpaired) electrons. The summed E-state index contributed by atoms with van der Waals surface area (Å²) < 4.78 is 10.3. The van der Waals surface area contributed by atoms with Crippen molar-refractivity contribution in [2.24, 2.45) is 0 Å². The van der Waals surface area contributed by atoms with Crippen molar-refractivity contribution in [1.82, 2.24) is 10.6 Å². The van der Waals surface area contributed by atoms with Gasteiger partial charge in [-0.3, -0.25) is 0 Å². The summed E-state index contributed by atoms with van der Waals surface area (Å²) in [5.74, 6) is 0.482. The Hall–Kier alpha value is -2.24. The number of benzene rings is 1. The number of carbonyl (C=O) groups is 2. The number of hydrogen-bond donors (Lipinski definition) is 2. The summed E-state index contributed by atoms with van der Waals surface area (Å²) in [5.41, 5.74) is 1.01. The van der Waals surface area contributed by atoms with Gasteiger partial charge in [-0.1, -0.05) is 32.4 Å². The number of hydrogen-bond acceptors (Lipinski definition) is 4. The van der Waals surface area contributed by atoms with Crippen LogP contribution in [0.1, 0.15) is 38.7 Å². The van der Waals surface area contributed by atoms with Crippen LogP contribution in [0, 0.1) is 6.92 Å². The smallest absolute Gasteiger partial charge is 0.412 e. The van der Waals surface area contributed by atoms with Gasteiger partial charge < -0.3 is 20.1 Å². The van der Waals surface area contributed by atoms with E-state index in [0.717, 1.165) is 18.4 Å². The van der Waals surface area contributed by atoms with Crippen molar-refractivity contribution in [2.45, 2.75) is 46.1 Å². The molecule has 6 nitrogen and oxygen atoms in total. The number of alkyl carbamates (subject to hydrolysis) is 1. The molecule has 0 aromatic heterocycles. The minimum atomic E-state index is -0.558. The molecule has 1 aromatic carbocycles. The first-order valence-electron chi connectivity index (χ1n) is 8.00. The van der Waals surface area contributed by atoms with E-state index < -0.39 is 12.2 Å². The molecule has 1 unspecified atom stereocenters. The predicted octanol–water partition coefficient (Wildman–Crippen LogP) is 3.39. The average molecular weight is 322 g/mol. The molecular formula is C17H26N2O4. The van der Waals surface area contributed by atoms with E-state index in [1.165, 1.54) is 0 Å². The van der Waals surface area contributed by atoms with Gasteiger partial charge in [-0.2, -0.15) is 0 Å². The third kappa shape index (κ3) is 8.09. The Morgan fingerprint density at radius 3 is 2.65 bits per heavy atom. The van der Waals surface area contributed by atoms with Gasteiger partial charge in [-0.05, 0) is 37.5 Å². The van der Waals surface area contributed by atoms with Crippen LogP contribution in [0.5, 0.6) is 5.75 Å². The molecule has 23 heavy (non-hydrogen) atoms. The molecule has 0 aliphatic heterocycles. The number of nitrogens with one attached hydrogen (secondary N) is 2. The van der Waals surface area contributed by atoms with Crippen molar-refractivity contribution >= 4 is 12.2 Å². The molecule has 0 spiro atoms. The van der Waals surface area contributed by atoms with E-state index in [1.807, 2.05) is 32.9 Å². The molecular weight excluding hydrogens is 296 g/mol. The van der Waals surface area contributed by atoms with Crippen LogP contribution in [-0.4, -0.2) is 31.4 Å². The highest BCUT2D eigenvalue weighted by Gasteiger charge is 2.14. The lowest BCUT2D eigenvalue weighted by Gasteiger charge is -2.17. The second-order valence-electron chi connectivity index (χ2n) is 5.33. The van der Waals surface area contributed by atoms with Gasteiger partial charge in [0.05, 0.1) is 6.04 Å². The first kappa shape index (κ1) is 18.8. The molecule has 1 atom stereocenters. The van der Waals surface area contributed by atoms with E-state index in [2.05, 4.69) is 10.6 Å². The van der Waals surface area contributed by atoms with Crippen LogP contribution in [0.15, 0.2) is 24.3 Å². The summed E-state index contributed by atoms with van der Waals surface area (Å²) in [5, 5.41) is 5.35. The fourth-order valence-corrected chi connectivity index (χ4v) is 1.84. The zero-order valence-corrected chi connectivity index (χ0v) is 14.1. The Balaban J connectivity index is 2.34. The molecule has 0 saturated heterocycles. The summed E-state index contributed by atoms with van der Waals surface area (Å²) in [6.45, 7) is 6.57. The molecule has 0 aliphatic carbocycles. The van der Waals surface area contributed by atoms with Crippen LogP contribution >= 0.6 is 0 Å². The monoisotopic (exact) mass is 322 g/mol. The zero-order chi connectivity index (χ0) is 17.1. The standard InChI is InChI=1S/C17H26N2O4/c1-4-6-10-18-16(20)22-12-14(5-2)19-17(21)23-15-9-7-8-13(3)11-15/h7-9,11,14H,4-6,10,12H2,1-3H3,(H,18,20)(H,19,21). The van der Waals surface area contributed by atoms with Gasteiger partial charge in [0.2, 0.25) is 0 Å². The molecule has 0 bridgehead atoms. The average Bonchev–Trinajstić information content (AvgIpc) is 2.51. The Kier molecular flexibility index (Phi) is 8.57. The molecule has 2 N–H and O–H groups in total. The highest BCUT2D eigenvalue weighted by Crippen LogP contribution is 2.12. The van der Waals surface area contributed by atoms with Crippen LogP contribution in [0.2, 0.25) is 0 Å². The minimum Gasteiger partial charge on any atom is -0.447 e. The Morgan fingerprint density at radius 1 is 1.22 bits per heavy atom. The maximum atomic E-state index is 11.9. The van der Waals surface area contributed by atoms with Crippen molar-refractivity contribution in [3.63, 3.8) is 0 Å². The Bertz CT molecular complexity index is 505. The van der Waals surface area contributed by atoms with Crippen LogP contribution in [-0.2, 0) is 4.74 Å². The van der Waals surface area contributed by atoms with E-state index in [-0.39, 0.29) is 12.6 Å². The third-order valence-electron chi connectivity index (χ3n) is 3.23. The van der Waals surface area contributed by atoms with E-state index in [1.54, 1.807) is 12.1 Å². The van der Waals surface area contributed by atoms with Crippen molar-refractivity contribution in [1.29, 1.82) is 0 Å². The fourth-order valence-electron chi connectivity index (χ4n) is 1.84. The number of carbonyl (C=O) groups excluding carboxylic acids is 2. The van der Waals surface area contributed by atoms with Crippen LogP contribution in [0.25, 0.3) is 0 Å². The number of aryl methyl sites for hydroxylation is 1. The molecule has 1 rings (SSSR count). The number of ether oxygens (including phenoxy) is 2. The highest BCUT2D eigenvalue weighted by molar-refractivity contribution is 5.71. The second kappa shape index (κ2) is 10.5. The first-order valence-corrected chi connectivity index (χ1v) is 8.00. The van der Waals surface area contributed by atoms with Crippen molar-refractivity contribution in [3.8, 4) is 5.75 Å². The number of amides is 2. The van der Waals surface area contributed by atoms with Crippen LogP contribution in [0.4, 0.5) is 9.59 Å². The lowest BCUT2D eigenvalue weighted by Crippen LogP contribution is -2.41. The van der Waals surface area contributed by atoms with Gasteiger partial charge in [0.25, 0.3) is 0 Å². The van der Waals surface area contributed by atoms with Crippen molar-refractivity contribution in [2.75, 3.05) is 13.2 Å². The minimum absolute atomic E-state index is 0.109. The highest BCUT2D eigenvalue weighted by atomic mass is 16.6. The first-order chi connectivity index (χ1) is 11.0. The van der Waals surface area contributed by atoms with Crippen LogP contribution < -0.4 is 15.4 Å². The predicted molar refractivity (Wildman–Crippen MR) is 88.7 cm³/mol. The summed E-state index contributed by atoms with van der Waals surface area (Å²) >= 11 is 0. The SMILES string of the molecule is CCCCNC(=O)OCC(CC)NC(=O)Oc1cccc(C)c1. The normalized spacial score (nSPS) is 11.4. The molecule has 2 amide bonds. The molecule has 0 heterocycles. The van der Waals surface area contributed by atoms with E-state index >= 15 is 0 Å². The fraction of sp³-hybridized carbons (Fsp3) is 0.529.